The van der Waals surface area contributed by atoms with Crippen LogP contribution in [0.4, 0.5) is 0 Å². The number of β-amino-alcohol motifs (C(OH)–C–C–N with tert-alkyl or cyclic N) is 1. The molecule has 3 aromatic heterocycles. The van der Waals surface area contributed by atoms with Gasteiger partial charge in [-0.25, -0.2) is 14.3 Å². The van der Waals surface area contributed by atoms with Crippen molar-refractivity contribution in [2.45, 2.75) is 143 Å². The Morgan fingerprint density at radius 1 is 0.759 bits per heavy atom. The summed E-state index contributed by atoms with van der Waals surface area (Å²) < 4.78 is 26.0. The van der Waals surface area contributed by atoms with E-state index in [-0.39, 0.29) is 80.8 Å². The molecule has 10 rings (SSSR count). The van der Waals surface area contributed by atoms with Crippen molar-refractivity contribution < 1.29 is 48.0 Å². The molecule has 21 nitrogen and oxygen atoms in total. The molecule has 5 aliphatic rings. The molecule has 83 heavy (non-hydrogen) atoms. The molecule has 4 aliphatic carbocycles. The fourth-order valence-electron chi connectivity index (χ4n) is 12.5. The van der Waals surface area contributed by atoms with Crippen LogP contribution in [0.5, 0.6) is 0 Å². The molecule has 5 fully saturated rings. The number of rotatable bonds is 27. The van der Waals surface area contributed by atoms with Gasteiger partial charge in [0, 0.05) is 43.0 Å². The van der Waals surface area contributed by atoms with Crippen LogP contribution in [0.15, 0.2) is 66.4 Å². The summed E-state index contributed by atoms with van der Waals surface area (Å²) in [5, 5.41) is 35.8. The van der Waals surface area contributed by atoms with Crippen LogP contribution in [0.2, 0.25) is 0 Å². The second-order valence-corrected chi connectivity index (χ2v) is 25.7. The van der Waals surface area contributed by atoms with E-state index in [1.807, 2.05) is 74.3 Å². The lowest BCUT2D eigenvalue weighted by molar-refractivity contribution is -0.144. The van der Waals surface area contributed by atoms with Gasteiger partial charge in [0.15, 0.2) is 0 Å². The number of aliphatic hydroxyl groups excluding tert-OH is 1. The zero-order valence-corrected chi connectivity index (χ0v) is 49.9. The molecule has 1 saturated heterocycles. The Kier molecular flexibility index (Phi) is 20.3. The lowest BCUT2D eigenvalue weighted by Gasteiger charge is -2.54. The highest BCUT2D eigenvalue weighted by atomic mass is 32.1. The van der Waals surface area contributed by atoms with E-state index in [0.717, 1.165) is 44.9 Å². The van der Waals surface area contributed by atoms with E-state index >= 15 is 0 Å². The van der Waals surface area contributed by atoms with Gasteiger partial charge >= 0.3 is 0 Å². The molecule has 0 unspecified atom stereocenters. The predicted molar refractivity (Wildman–Crippen MR) is 311 cm³/mol. The number of ether oxygens (including phenoxy) is 4. The molecule has 4 heterocycles. The minimum atomic E-state index is -0.938. The quantitative estimate of drug-likeness (QED) is 0.0382. The van der Waals surface area contributed by atoms with Crippen molar-refractivity contribution in [1.82, 2.24) is 55.9 Å². The number of carbonyl (C=O) groups is 5. The molecule has 22 heteroatoms. The van der Waals surface area contributed by atoms with E-state index in [1.165, 1.54) is 37.0 Å². The van der Waals surface area contributed by atoms with Crippen molar-refractivity contribution in [3.8, 4) is 16.1 Å². The van der Waals surface area contributed by atoms with Crippen molar-refractivity contribution in [3.05, 3.63) is 100 Å². The SMILES string of the molecule is Cc1ncsc1-c1ccc(CNC(=O)[C@@H]2C[C@@H](O)CN2C(=O)[C@@H](NC(=O)CCOCCOCCOCCOCCn2cc(CNC(=O)c3ccc(-n4ncc(C(=O)NC5C6CC7CC(C6)CC5C7)c4C(C)(C)C)cc3)nn2)C(C)(C)C)cc1. The number of benzene rings is 2. The Bertz CT molecular complexity index is 2970. The second-order valence-electron chi connectivity index (χ2n) is 24.8. The number of carbonyl (C=O) groups excluding carboxylic acids is 5. The summed E-state index contributed by atoms with van der Waals surface area (Å²) in [5.74, 6) is 1.36. The average Bonchev–Trinajstić information content (AvgIpc) is 4.09. The lowest BCUT2D eigenvalue weighted by Crippen LogP contribution is -2.57. The van der Waals surface area contributed by atoms with Gasteiger partial charge in [-0.3, -0.25) is 24.0 Å². The molecule has 3 atom stereocenters. The number of thiazole rings is 1. The van der Waals surface area contributed by atoms with Gasteiger partial charge in [0.2, 0.25) is 17.7 Å². The number of likely N-dealkylation sites (tertiary alicyclic amines) is 1. The van der Waals surface area contributed by atoms with Crippen molar-refractivity contribution >= 4 is 40.9 Å². The first-order chi connectivity index (χ1) is 39.8. The molecule has 448 valence electrons. The van der Waals surface area contributed by atoms with Gasteiger partial charge < -0.3 is 50.2 Å². The molecule has 1 aliphatic heterocycles. The largest absolute Gasteiger partial charge is 0.391 e. The first-order valence-corrected chi connectivity index (χ1v) is 30.2. The monoisotopic (exact) mass is 1160 g/mol. The maximum absolute atomic E-state index is 14.0. The summed E-state index contributed by atoms with van der Waals surface area (Å²) in [6.45, 7) is 17.2. The number of aromatic nitrogens is 6. The summed E-state index contributed by atoms with van der Waals surface area (Å²) in [4.78, 5) is 74.4. The van der Waals surface area contributed by atoms with E-state index in [4.69, 9.17) is 24.0 Å². The van der Waals surface area contributed by atoms with Crippen LogP contribution in [-0.2, 0) is 58.4 Å². The van der Waals surface area contributed by atoms with Gasteiger partial charge in [0.1, 0.15) is 17.8 Å². The Hall–Kier alpha value is -6.43. The number of aliphatic hydroxyl groups is 1. The highest BCUT2D eigenvalue weighted by molar-refractivity contribution is 7.13. The number of hydrogen-bond donors (Lipinski definition) is 5. The van der Waals surface area contributed by atoms with E-state index in [9.17, 15) is 29.1 Å². The summed E-state index contributed by atoms with van der Waals surface area (Å²) in [7, 11) is 0. The van der Waals surface area contributed by atoms with Crippen LogP contribution >= 0.6 is 11.3 Å². The number of aryl methyl sites for hydroxylation is 1. The van der Waals surface area contributed by atoms with Crippen molar-refractivity contribution in [2.24, 2.45) is 29.1 Å². The summed E-state index contributed by atoms with van der Waals surface area (Å²) in [6, 6.07) is 13.5. The minimum Gasteiger partial charge on any atom is -0.391 e. The highest BCUT2D eigenvalue weighted by Crippen LogP contribution is 2.54. The van der Waals surface area contributed by atoms with Gasteiger partial charge in [-0.05, 0) is 104 Å². The van der Waals surface area contributed by atoms with Gasteiger partial charge in [-0.2, -0.15) is 5.10 Å². The number of amides is 5. The van der Waals surface area contributed by atoms with Crippen molar-refractivity contribution in [2.75, 3.05) is 59.4 Å². The molecule has 5 N–H and O–H groups in total. The number of nitrogens with one attached hydrogen (secondary N) is 4. The van der Waals surface area contributed by atoms with Crippen LogP contribution in [0.3, 0.4) is 0 Å². The molecular formula is C61H83N11O10S. The fraction of sp³-hybridized carbons (Fsp3) is 0.590. The molecule has 0 spiro atoms. The van der Waals surface area contributed by atoms with Gasteiger partial charge in [0.25, 0.3) is 11.8 Å². The smallest absolute Gasteiger partial charge is 0.255 e. The van der Waals surface area contributed by atoms with Crippen LogP contribution in [0.1, 0.15) is 130 Å². The first-order valence-electron chi connectivity index (χ1n) is 29.3. The highest BCUT2D eigenvalue weighted by Gasteiger charge is 2.49. The van der Waals surface area contributed by atoms with Crippen LogP contribution in [0, 0.1) is 36.0 Å². The van der Waals surface area contributed by atoms with Crippen LogP contribution < -0.4 is 21.3 Å². The van der Waals surface area contributed by atoms with E-state index < -0.39 is 29.5 Å². The molecule has 5 amide bonds. The average molecular weight is 1160 g/mol. The molecule has 2 aromatic carbocycles. The third-order valence-corrected chi connectivity index (χ3v) is 17.4. The Labute approximate surface area is 490 Å². The summed E-state index contributed by atoms with van der Waals surface area (Å²) >= 11 is 1.57. The van der Waals surface area contributed by atoms with Gasteiger partial charge in [-0.15, -0.1) is 16.4 Å². The number of hydrogen-bond acceptors (Lipinski definition) is 15. The number of nitrogens with zero attached hydrogens (tertiary/aromatic N) is 7. The third-order valence-electron chi connectivity index (χ3n) is 16.4. The Morgan fingerprint density at radius 3 is 2.01 bits per heavy atom. The summed E-state index contributed by atoms with van der Waals surface area (Å²) in [5.41, 5.74) is 6.96. The van der Waals surface area contributed by atoms with E-state index in [1.54, 1.807) is 40.5 Å². The third kappa shape index (κ3) is 15.9. The first kappa shape index (κ1) is 61.1. The van der Waals surface area contributed by atoms with E-state index in [0.29, 0.717) is 74.8 Å². The molecule has 0 radical (unpaired) electrons. The fourth-order valence-corrected chi connectivity index (χ4v) is 13.3. The van der Waals surface area contributed by atoms with Crippen LogP contribution in [0.25, 0.3) is 16.1 Å². The second kappa shape index (κ2) is 27.5. The van der Waals surface area contributed by atoms with Crippen molar-refractivity contribution in [3.63, 3.8) is 0 Å². The Morgan fingerprint density at radius 2 is 1.40 bits per heavy atom. The standard InChI is InChI=1S/C61H83N11O10S/c1-38-53(83-37-64-38)42-10-8-39(9-11-42)32-62-58(77)50-31-48(73)36-71(50)59(78)54(60(2,3)4)66-51(74)16-18-79-20-22-81-24-25-82-23-21-80-19-17-70-35-46(68-69-70)33-63-56(75)43-12-14-47(15-13-43)72-55(61(5,6)7)49(34-65-72)57(76)67-52-44-27-40-26-41(29-44)30-45(52)28-40/h8-15,34-35,37,40-41,44-45,48,50,52,54,73H,16-33,36H2,1-7H3,(H,62,77)(H,63,75)(H,66,74)(H,67,76)/t40?,41?,44?,45?,48-,50+,52?,54-/m1/s1. The van der Waals surface area contributed by atoms with E-state index in [2.05, 4.69) is 57.3 Å². The van der Waals surface area contributed by atoms with Gasteiger partial charge in [0.05, 0.1) is 117 Å². The zero-order chi connectivity index (χ0) is 58.8. The maximum atomic E-state index is 14.0. The zero-order valence-electron chi connectivity index (χ0n) is 49.1. The minimum absolute atomic E-state index is 0.0113. The van der Waals surface area contributed by atoms with Crippen molar-refractivity contribution in [1.29, 1.82) is 0 Å². The normalized spacial score (nSPS) is 21.5. The lowest BCUT2D eigenvalue weighted by atomic mass is 9.54. The van der Waals surface area contributed by atoms with Crippen LogP contribution in [-0.4, -0.2) is 153 Å². The maximum Gasteiger partial charge on any atom is 0.255 e. The summed E-state index contributed by atoms with van der Waals surface area (Å²) in [6.07, 6.45) is 9.01. The molecule has 4 bridgehead atoms. The molecule has 5 aromatic rings. The topological polar surface area (TPSA) is 255 Å². The molecule has 4 saturated carbocycles. The Balaban J connectivity index is 0.599. The van der Waals surface area contributed by atoms with Gasteiger partial charge in [-0.1, -0.05) is 71.0 Å². The molecular weight excluding hydrogens is 1080 g/mol. The predicted octanol–water partition coefficient (Wildman–Crippen LogP) is 5.94.